The maximum atomic E-state index is 6.76. The van der Waals surface area contributed by atoms with Crippen molar-refractivity contribution in [1.29, 1.82) is 0 Å². The van der Waals surface area contributed by atoms with Crippen molar-refractivity contribution in [2.45, 2.75) is 46.1 Å². The van der Waals surface area contributed by atoms with Crippen molar-refractivity contribution in [2.75, 3.05) is 18.0 Å². The van der Waals surface area contributed by atoms with Gasteiger partial charge in [0, 0.05) is 36.6 Å². The molecule has 3 aromatic heterocycles. The van der Waals surface area contributed by atoms with Crippen molar-refractivity contribution in [3.05, 3.63) is 76.9 Å². The van der Waals surface area contributed by atoms with Crippen molar-refractivity contribution in [1.82, 2.24) is 19.6 Å². The number of benzene rings is 1. The van der Waals surface area contributed by atoms with Crippen LogP contribution in [0.25, 0.3) is 16.8 Å². The summed E-state index contributed by atoms with van der Waals surface area (Å²) in [5, 5.41) is 4.71. The molecule has 4 heterocycles. The molecule has 1 atom stereocenters. The molecule has 6 heteroatoms. The molecule has 6 nitrogen and oxygen atoms in total. The first kappa shape index (κ1) is 20.4. The summed E-state index contributed by atoms with van der Waals surface area (Å²) in [5.41, 5.74) is 16.2. The van der Waals surface area contributed by atoms with E-state index in [0.717, 1.165) is 55.1 Å². The molecule has 2 aliphatic rings. The third kappa shape index (κ3) is 3.00. The monoisotopic (exact) mass is 438 g/mol. The summed E-state index contributed by atoms with van der Waals surface area (Å²) in [5.74, 6) is 1.02. The molecule has 1 fully saturated rings. The highest BCUT2D eigenvalue weighted by Gasteiger charge is 2.46. The lowest BCUT2D eigenvalue weighted by molar-refractivity contribution is 0.187. The molecule has 33 heavy (non-hydrogen) atoms. The first-order valence-corrected chi connectivity index (χ1v) is 11.8. The molecule has 2 N–H and O–H groups in total. The Morgan fingerprint density at radius 2 is 1.82 bits per heavy atom. The van der Waals surface area contributed by atoms with Gasteiger partial charge in [0.25, 0.3) is 0 Å². The standard InChI is InChI=1S/C27H30N6/c1-17-6-4-7-20(18(17)2)24-19(3)31-26(23-9-13-30-33(23)24)32-14-10-27(11-15-32)16-22-21(25(27)28)8-5-12-29-22/h4-9,12-13,25H,10-11,14-16,28H2,1-3H3/t25-/m1/s1. The molecule has 0 saturated carbocycles. The fraction of sp³-hybridized carbons (Fsp3) is 0.370. The smallest absolute Gasteiger partial charge is 0.155 e. The van der Waals surface area contributed by atoms with Gasteiger partial charge in [-0.2, -0.15) is 5.10 Å². The molecule has 0 radical (unpaired) electrons. The maximum Gasteiger partial charge on any atom is 0.155 e. The molecule has 1 aliphatic carbocycles. The van der Waals surface area contributed by atoms with Gasteiger partial charge in [-0.05, 0) is 74.3 Å². The predicted octanol–water partition coefficient (Wildman–Crippen LogP) is 4.56. The minimum absolute atomic E-state index is 0.0692. The number of nitrogens with two attached hydrogens (primary N) is 1. The van der Waals surface area contributed by atoms with Crippen LogP contribution >= 0.6 is 0 Å². The Kier molecular flexibility index (Phi) is 4.56. The molecule has 6 rings (SSSR count). The Hall–Kier alpha value is -3.25. The first-order valence-electron chi connectivity index (χ1n) is 11.8. The van der Waals surface area contributed by atoms with Gasteiger partial charge in [-0.3, -0.25) is 4.98 Å². The number of hydrogen-bond donors (Lipinski definition) is 1. The molecular weight excluding hydrogens is 408 g/mol. The van der Waals surface area contributed by atoms with Gasteiger partial charge in [0.15, 0.2) is 5.82 Å². The lowest BCUT2D eigenvalue weighted by Gasteiger charge is -2.42. The van der Waals surface area contributed by atoms with Gasteiger partial charge in [0.05, 0.1) is 17.6 Å². The van der Waals surface area contributed by atoms with Gasteiger partial charge in [-0.15, -0.1) is 0 Å². The van der Waals surface area contributed by atoms with Gasteiger partial charge in [0.1, 0.15) is 5.52 Å². The van der Waals surface area contributed by atoms with Crippen LogP contribution in [-0.2, 0) is 6.42 Å². The van der Waals surface area contributed by atoms with Gasteiger partial charge in [0.2, 0.25) is 0 Å². The fourth-order valence-electron chi connectivity index (χ4n) is 5.93. The molecule has 0 amide bonds. The number of aromatic nitrogens is 4. The number of fused-ring (bicyclic) bond motifs is 2. The summed E-state index contributed by atoms with van der Waals surface area (Å²) < 4.78 is 2.07. The van der Waals surface area contributed by atoms with Crippen LogP contribution in [0.4, 0.5) is 5.82 Å². The van der Waals surface area contributed by atoms with Crippen molar-refractivity contribution < 1.29 is 0 Å². The van der Waals surface area contributed by atoms with Crippen LogP contribution in [0, 0.1) is 26.2 Å². The van der Waals surface area contributed by atoms with E-state index < -0.39 is 0 Å². The van der Waals surface area contributed by atoms with Crippen LogP contribution in [-0.4, -0.2) is 32.7 Å². The van der Waals surface area contributed by atoms with Crippen molar-refractivity contribution in [3.63, 3.8) is 0 Å². The van der Waals surface area contributed by atoms with Gasteiger partial charge in [-0.25, -0.2) is 9.50 Å². The summed E-state index contributed by atoms with van der Waals surface area (Å²) in [4.78, 5) is 12.2. The van der Waals surface area contributed by atoms with Crippen LogP contribution in [0.2, 0.25) is 0 Å². The molecule has 0 unspecified atom stereocenters. The van der Waals surface area contributed by atoms with Crippen molar-refractivity contribution in [2.24, 2.45) is 11.1 Å². The summed E-state index contributed by atoms with van der Waals surface area (Å²) in [6.07, 6.45) is 6.85. The van der Waals surface area contributed by atoms with Crippen LogP contribution in [0.3, 0.4) is 0 Å². The zero-order valence-corrected chi connectivity index (χ0v) is 19.5. The van der Waals surface area contributed by atoms with Crippen LogP contribution < -0.4 is 10.6 Å². The van der Waals surface area contributed by atoms with E-state index in [1.807, 2.05) is 18.5 Å². The largest absolute Gasteiger partial charge is 0.355 e. The third-order valence-electron chi connectivity index (χ3n) is 8.06. The normalized spacial score (nSPS) is 19.4. The molecule has 1 saturated heterocycles. The van der Waals surface area contributed by atoms with E-state index in [0.29, 0.717) is 0 Å². The van der Waals surface area contributed by atoms with Crippen LogP contribution in [0.5, 0.6) is 0 Å². The summed E-state index contributed by atoms with van der Waals surface area (Å²) in [6, 6.07) is 12.8. The second-order valence-electron chi connectivity index (χ2n) is 9.79. The lowest BCUT2D eigenvalue weighted by Crippen LogP contribution is -2.44. The third-order valence-corrected chi connectivity index (χ3v) is 8.06. The molecular formula is C27H30N6. The van der Waals surface area contributed by atoms with E-state index in [4.69, 9.17) is 15.8 Å². The van der Waals surface area contributed by atoms with Gasteiger partial charge in [-0.1, -0.05) is 24.3 Å². The SMILES string of the molecule is Cc1cccc(-c2c(C)nc(N3CCC4(CC3)Cc3ncccc3[C@H]4N)c3ccnn23)c1C. The number of piperidine rings is 1. The fourth-order valence-corrected chi connectivity index (χ4v) is 5.93. The number of rotatable bonds is 2. The molecule has 1 spiro atoms. The van der Waals surface area contributed by atoms with E-state index in [1.165, 1.54) is 27.9 Å². The molecule has 1 aromatic carbocycles. The van der Waals surface area contributed by atoms with Crippen LogP contribution in [0.1, 0.15) is 47.0 Å². The summed E-state index contributed by atoms with van der Waals surface area (Å²) in [7, 11) is 0. The van der Waals surface area contributed by atoms with Crippen molar-refractivity contribution >= 4 is 11.3 Å². The quantitative estimate of drug-likeness (QED) is 0.497. The average Bonchev–Trinajstić information content (AvgIpc) is 3.40. The van der Waals surface area contributed by atoms with E-state index in [1.54, 1.807) is 0 Å². The number of nitrogens with zero attached hydrogens (tertiary/aromatic N) is 5. The number of hydrogen-bond acceptors (Lipinski definition) is 5. The summed E-state index contributed by atoms with van der Waals surface area (Å²) in [6.45, 7) is 8.31. The predicted molar refractivity (Wildman–Crippen MR) is 131 cm³/mol. The highest BCUT2D eigenvalue weighted by molar-refractivity contribution is 5.77. The van der Waals surface area contributed by atoms with E-state index in [9.17, 15) is 0 Å². The molecule has 0 bridgehead atoms. The van der Waals surface area contributed by atoms with E-state index in [-0.39, 0.29) is 11.5 Å². The topological polar surface area (TPSA) is 72.3 Å². The number of aryl methyl sites for hydroxylation is 2. The Bertz CT molecular complexity index is 1360. The highest BCUT2D eigenvalue weighted by Crippen LogP contribution is 2.50. The lowest BCUT2D eigenvalue weighted by atomic mass is 9.73. The Morgan fingerprint density at radius 1 is 1.00 bits per heavy atom. The molecule has 4 aromatic rings. The molecule has 168 valence electrons. The van der Waals surface area contributed by atoms with Crippen LogP contribution in [0.15, 0.2) is 48.8 Å². The highest BCUT2D eigenvalue weighted by atomic mass is 15.3. The zero-order valence-electron chi connectivity index (χ0n) is 19.5. The average molecular weight is 439 g/mol. The Balaban J connectivity index is 1.34. The van der Waals surface area contributed by atoms with Gasteiger partial charge < -0.3 is 10.6 Å². The van der Waals surface area contributed by atoms with Crippen molar-refractivity contribution in [3.8, 4) is 11.3 Å². The zero-order chi connectivity index (χ0) is 22.7. The Labute approximate surface area is 194 Å². The number of pyridine rings is 1. The minimum Gasteiger partial charge on any atom is -0.355 e. The number of anilines is 1. The Morgan fingerprint density at radius 3 is 2.61 bits per heavy atom. The van der Waals surface area contributed by atoms with Gasteiger partial charge >= 0.3 is 0 Å². The van der Waals surface area contributed by atoms with E-state index >= 15 is 0 Å². The maximum absolute atomic E-state index is 6.76. The second-order valence-corrected chi connectivity index (χ2v) is 9.79. The second kappa shape index (κ2) is 7.39. The minimum atomic E-state index is 0.0692. The summed E-state index contributed by atoms with van der Waals surface area (Å²) >= 11 is 0. The van der Waals surface area contributed by atoms with E-state index in [2.05, 4.69) is 65.5 Å². The first-order chi connectivity index (χ1) is 16.0. The molecule has 1 aliphatic heterocycles.